The van der Waals surface area contributed by atoms with Gasteiger partial charge in [-0.25, -0.2) is 4.98 Å². The quantitative estimate of drug-likeness (QED) is 0.397. The van der Waals surface area contributed by atoms with Crippen molar-refractivity contribution in [2.45, 2.75) is 0 Å². The van der Waals surface area contributed by atoms with E-state index in [-0.39, 0.29) is 5.56 Å². The van der Waals surface area contributed by atoms with Crippen LogP contribution < -0.4 is 5.56 Å². The highest BCUT2D eigenvalue weighted by atomic mass is 35.5. The van der Waals surface area contributed by atoms with Crippen molar-refractivity contribution in [2.75, 3.05) is 0 Å². The summed E-state index contributed by atoms with van der Waals surface area (Å²) in [6.45, 7) is 0. The summed E-state index contributed by atoms with van der Waals surface area (Å²) in [5, 5.41) is 7.15. The number of halogens is 1. The molecule has 0 saturated heterocycles. The Labute approximate surface area is 138 Å². The maximum atomic E-state index is 12.9. The lowest BCUT2D eigenvalue weighted by molar-refractivity contribution is 0.895. The van der Waals surface area contributed by atoms with Crippen molar-refractivity contribution < 1.29 is 0 Å². The number of fused-ring (bicyclic) bond motifs is 6. The minimum atomic E-state index is -0.182. The molecule has 0 aliphatic carbocycles. The highest BCUT2D eigenvalue weighted by Gasteiger charge is 2.15. The number of benzene rings is 2. The highest BCUT2D eigenvalue weighted by molar-refractivity contribution is 7.25. The van der Waals surface area contributed by atoms with Gasteiger partial charge in [0.25, 0.3) is 5.56 Å². The van der Waals surface area contributed by atoms with Gasteiger partial charge in [-0.15, -0.1) is 11.3 Å². The Morgan fingerprint density at radius 3 is 2.48 bits per heavy atom. The minimum Gasteiger partial charge on any atom is -0.266 e. The van der Waals surface area contributed by atoms with Crippen molar-refractivity contribution in [1.82, 2.24) is 14.6 Å². The molecule has 110 valence electrons. The molecular weight excluding hydrogens is 330 g/mol. The van der Waals surface area contributed by atoms with Crippen LogP contribution in [0.25, 0.3) is 36.7 Å². The molecule has 0 aliphatic heterocycles. The number of thiophene rings is 1. The summed E-state index contributed by atoms with van der Waals surface area (Å²) in [6.07, 6.45) is 0. The number of nitrogens with zero attached hydrogens (tertiary/aromatic N) is 3. The van der Waals surface area contributed by atoms with Gasteiger partial charge in [0, 0.05) is 20.9 Å². The Morgan fingerprint density at radius 2 is 1.65 bits per heavy atom. The van der Waals surface area contributed by atoms with Gasteiger partial charge in [-0.2, -0.15) is 9.61 Å². The maximum Gasteiger partial charge on any atom is 0.292 e. The van der Waals surface area contributed by atoms with Crippen LogP contribution in [0.3, 0.4) is 0 Å². The lowest BCUT2D eigenvalue weighted by atomic mass is 10.2. The van der Waals surface area contributed by atoms with Gasteiger partial charge >= 0.3 is 0 Å². The van der Waals surface area contributed by atoms with Gasteiger partial charge in [0.15, 0.2) is 10.8 Å². The van der Waals surface area contributed by atoms with Crippen molar-refractivity contribution in [3.63, 3.8) is 0 Å². The van der Waals surface area contributed by atoms with Crippen molar-refractivity contribution in [1.29, 1.82) is 0 Å². The van der Waals surface area contributed by atoms with Crippen LogP contribution in [0.2, 0.25) is 5.15 Å². The van der Waals surface area contributed by atoms with Crippen molar-refractivity contribution in [2.24, 2.45) is 0 Å². The Kier molecular flexibility index (Phi) is 2.54. The molecular formula is C17H8ClN3OS. The van der Waals surface area contributed by atoms with Crippen LogP contribution in [0.4, 0.5) is 0 Å². The molecule has 0 bridgehead atoms. The zero-order chi connectivity index (χ0) is 15.6. The Balaban J connectivity index is 2.14. The zero-order valence-corrected chi connectivity index (χ0v) is 13.2. The summed E-state index contributed by atoms with van der Waals surface area (Å²) in [5.74, 6) is 0. The second kappa shape index (κ2) is 4.50. The molecule has 2 aromatic carbocycles. The second-order valence-electron chi connectivity index (χ2n) is 5.26. The molecule has 0 amide bonds. The molecule has 3 aromatic heterocycles. The number of hydrogen-bond acceptors (Lipinski definition) is 4. The minimum absolute atomic E-state index is 0.182. The van der Waals surface area contributed by atoms with Crippen LogP contribution in [0.5, 0.6) is 0 Å². The standard InChI is InChI=1S/C17H8ClN3OS/c18-15-9-5-1-2-6-10(9)16-19-13-11-7-3-4-8-12(11)23-14(13)17(22)21(16)20-15/h1-8H. The molecule has 3 heterocycles. The fourth-order valence-corrected chi connectivity index (χ4v) is 4.21. The van der Waals surface area contributed by atoms with Crippen LogP contribution in [0.1, 0.15) is 0 Å². The Morgan fingerprint density at radius 1 is 0.957 bits per heavy atom. The second-order valence-corrected chi connectivity index (χ2v) is 6.67. The fraction of sp³-hybridized carbons (Fsp3) is 0. The molecule has 0 saturated carbocycles. The molecule has 0 fully saturated rings. The van der Waals surface area contributed by atoms with E-state index in [1.165, 1.54) is 15.9 Å². The third-order valence-electron chi connectivity index (χ3n) is 3.95. The van der Waals surface area contributed by atoms with E-state index in [4.69, 9.17) is 16.6 Å². The van der Waals surface area contributed by atoms with Gasteiger partial charge in [0.2, 0.25) is 0 Å². The largest absolute Gasteiger partial charge is 0.292 e. The van der Waals surface area contributed by atoms with Gasteiger partial charge in [0.05, 0.1) is 5.52 Å². The van der Waals surface area contributed by atoms with Gasteiger partial charge < -0.3 is 0 Å². The van der Waals surface area contributed by atoms with Gasteiger partial charge in [-0.05, 0) is 6.07 Å². The highest BCUT2D eigenvalue weighted by Crippen LogP contribution is 2.32. The molecule has 0 N–H and O–H groups in total. The summed E-state index contributed by atoms with van der Waals surface area (Å²) in [7, 11) is 0. The molecule has 0 spiro atoms. The Hall–Kier alpha value is -2.50. The van der Waals surface area contributed by atoms with E-state index in [9.17, 15) is 4.79 Å². The predicted octanol–water partition coefficient (Wildman–Crippen LogP) is 4.26. The Bertz CT molecular complexity index is 1310. The molecule has 0 unspecified atom stereocenters. The van der Waals surface area contributed by atoms with Crippen molar-refractivity contribution in [3.8, 4) is 0 Å². The predicted molar refractivity (Wildman–Crippen MR) is 94.7 cm³/mol. The zero-order valence-electron chi connectivity index (χ0n) is 11.7. The van der Waals surface area contributed by atoms with Crippen LogP contribution in [-0.4, -0.2) is 14.6 Å². The van der Waals surface area contributed by atoms with Gasteiger partial charge in [0.1, 0.15) is 4.70 Å². The topological polar surface area (TPSA) is 47.3 Å². The molecule has 23 heavy (non-hydrogen) atoms. The first-order valence-corrected chi connectivity index (χ1v) is 8.22. The smallest absolute Gasteiger partial charge is 0.266 e. The molecule has 0 aliphatic rings. The summed E-state index contributed by atoms with van der Waals surface area (Å²) < 4.78 is 2.95. The van der Waals surface area contributed by atoms with E-state index in [2.05, 4.69) is 5.10 Å². The van der Waals surface area contributed by atoms with E-state index < -0.39 is 0 Å². The molecule has 0 radical (unpaired) electrons. The molecule has 5 aromatic rings. The first kappa shape index (κ1) is 13.0. The van der Waals surface area contributed by atoms with Crippen molar-refractivity contribution in [3.05, 3.63) is 64.0 Å². The first-order valence-electron chi connectivity index (χ1n) is 7.02. The van der Waals surface area contributed by atoms with Crippen molar-refractivity contribution >= 4 is 59.7 Å². The lowest BCUT2D eigenvalue weighted by Gasteiger charge is -2.05. The van der Waals surface area contributed by atoms with Crippen LogP contribution in [-0.2, 0) is 0 Å². The van der Waals surface area contributed by atoms with E-state index in [1.807, 2.05) is 48.5 Å². The van der Waals surface area contributed by atoms with Gasteiger partial charge in [-0.1, -0.05) is 54.1 Å². The summed E-state index contributed by atoms with van der Waals surface area (Å²) in [4.78, 5) is 17.6. The maximum absolute atomic E-state index is 12.9. The third kappa shape index (κ3) is 1.69. The van der Waals surface area contributed by atoms with Crippen LogP contribution in [0, 0.1) is 0 Å². The number of hydrogen-bond donors (Lipinski definition) is 0. The lowest BCUT2D eigenvalue weighted by Crippen LogP contribution is -2.17. The fourth-order valence-electron chi connectivity index (χ4n) is 2.90. The van der Waals surface area contributed by atoms with Crippen LogP contribution in [0.15, 0.2) is 53.3 Å². The molecule has 4 nitrogen and oxygen atoms in total. The summed E-state index contributed by atoms with van der Waals surface area (Å²) in [6, 6.07) is 15.5. The normalized spacial score (nSPS) is 11.9. The molecule has 0 atom stereocenters. The number of rotatable bonds is 0. The van der Waals surface area contributed by atoms with Crippen LogP contribution >= 0.6 is 22.9 Å². The average molecular weight is 338 g/mol. The summed E-state index contributed by atoms with van der Waals surface area (Å²) in [5.41, 5.74) is 1.08. The van der Waals surface area contributed by atoms with E-state index in [0.29, 0.717) is 15.5 Å². The van der Waals surface area contributed by atoms with E-state index >= 15 is 0 Å². The average Bonchev–Trinajstić information content (AvgIpc) is 2.96. The first-order chi connectivity index (χ1) is 11.2. The van der Waals surface area contributed by atoms with E-state index in [0.717, 1.165) is 26.4 Å². The number of aromatic nitrogens is 3. The molecule has 6 heteroatoms. The monoisotopic (exact) mass is 337 g/mol. The van der Waals surface area contributed by atoms with Gasteiger partial charge in [-0.3, -0.25) is 4.79 Å². The summed E-state index contributed by atoms with van der Waals surface area (Å²) >= 11 is 7.68. The third-order valence-corrected chi connectivity index (χ3v) is 5.38. The molecule has 5 rings (SSSR count). The van der Waals surface area contributed by atoms with E-state index in [1.54, 1.807) is 0 Å². The SMILES string of the molecule is O=c1c2sc3ccccc3c2nc2c3ccccc3c(Cl)nn12.